The highest BCUT2D eigenvalue weighted by Gasteiger charge is 2.39. The van der Waals surface area contributed by atoms with Crippen molar-refractivity contribution in [2.24, 2.45) is 5.92 Å². The van der Waals surface area contributed by atoms with Gasteiger partial charge in [0.25, 0.3) is 0 Å². The Morgan fingerprint density at radius 2 is 2.17 bits per heavy atom. The third-order valence-corrected chi connectivity index (χ3v) is 6.03. The number of hydrogen-bond acceptors (Lipinski definition) is 6. The summed E-state index contributed by atoms with van der Waals surface area (Å²) in [6, 6.07) is 2.73. The molecular formula is C15H23ClN2O4S. The van der Waals surface area contributed by atoms with E-state index in [0.717, 1.165) is 0 Å². The van der Waals surface area contributed by atoms with Gasteiger partial charge in [0.2, 0.25) is 0 Å². The van der Waals surface area contributed by atoms with Gasteiger partial charge in [0.15, 0.2) is 9.84 Å². The van der Waals surface area contributed by atoms with E-state index < -0.39 is 27.0 Å². The summed E-state index contributed by atoms with van der Waals surface area (Å²) in [5.74, 6) is -0.716. The third kappa shape index (κ3) is 4.02. The minimum Gasteiger partial charge on any atom is -0.466 e. The van der Waals surface area contributed by atoms with Crippen molar-refractivity contribution in [3.05, 3.63) is 24.0 Å². The molecule has 0 bridgehead atoms. The van der Waals surface area contributed by atoms with E-state index in [1.54, 1.807) is 39.1 Å². The van der Waals surface area contributed by atoms with Gasteiger partial charge in [-0.25, -0.2) is 8.42 Å². The lowest BCUT2D eigenvalue weighted by atomic mass is 9.98. The maximum atomic E-state index is 12.5. The molecule has 0 saturated carbocycles. The number of ether oxygens (including phenoxy) is 1. The van der Waals surface area contributed by atoms with Crippen molar-refractivity contribution >= 4 is 28.2 Å². The smallest absolute Gasteiger partial charge is 0.310 e. The number of carbonyl (C=O) groups is 1. The molecule has 1 aromatic rings. The van der Waals surface area contributed by atoms with Crippen LogP contribution in [0.15, 0.2) is 23.2 Å². The molecule has 1 aliphatic heterocycles. The molecule has 1 saturated heterocycles. The summed E-state index contributed by atoms with van der Waals surface area (Å²) < 4.78 is 30.1. The number of nitrogens with one attached hydrogen (secondary N) is 1. The largest absolute Gasteiger partial charge is 0.466 e. The van der Waals surface area contributed by atoms with Gasteiger partial charge in [0, 0.05) is 6.20 Å². The van der Waals surface area contributed by atoms with E-state index in [-0.39, 0.29) is 23.3 Å². The van der Waals surface area contributed by atoms with Gasteiger partial charge >= 0.3 is 5.97 Å². The molecule has 1 aromatic heterocycles. The fraction of sp³-hybridized carbons (Fsp3) is 0.600. The van der Waals surface area contributed by atoms with Gasteiger partial charge in [0.1, 0.15) is 0 Å². The molecule has 0 amide bonds. The van der Waals surface area contributed by atoms with Gasteiger partial charge in [-0.3, -0.25) is 9.78 Å². The average molecular weight is 363 g/mol. The fourth-order valence-corrected chi connectivity index (χ4v) is 3.87. The molecule has 0 aliphatic carbocycles. The average Bonchev–Trinajstić information content (AvgIpc) is 2.96. The molecule has 130 valence electrons. The van der Waals surface area contributed by atoms with Crippen molar-refractivity contribution in [1.82, 2.24) is 10.3 Å². The lowest BCUT2D eigenvalue weighted by Crippen LogP contribution is -2.28. The summed E-state index contributed by atoms with van der Waals surface area (Å²) in [6.07, 6.45) is 2.16. The highest BCUT2D eigenvalue weighted by molar-refractivity contribution is 7.92. The normalized spacial score (nSPS) is 21.0. The molecule has 8 heteroatoms. The number of carbonyl (C=O) groups excluding carboxylic acids is 1. The Bertz CT molecular complexity index is 649. The molecular weight excluding hydrogens is 340 g/mol. The van der Waals surface area contributed by atoms with Gasteiger partial charge in [-0.2, -0.15) is 0 Å². The van der Waals surface area contributed by atoms with Crippen molar-refractivity contribution in [3.63, 3.8) is 0 Å². The van der Waals surface area contributed by atoms with Crippen LogP contribution in [-0.2, 0) is 19.4 Å². The number of aromatic nitrogens is 1. The topological polar surface area (TPSA) is 85.4 Å². The second-order valence-corrected chi connectivity index (χ2v) is 8.03. The minimum atomic E-state index is -3.46. The van der Waals surface area contributed by atoms with Crippen LogP contribution in [0.1, 0.15) is 38.9 Å². The summed E-state index contributed by atoms with van der Waals surface area (Å²) in [5.41, 5.74) is 0.409. The summed E-state index contributed by atoms with van der Waals surface area (Å²) in [6.45, 7) is 5.96. The van der Waals surface area contributed by atoms with E-state index >= 15 is 0 Å². The van der Waals surface area contributed by atoms with Crippen LogP contribution in [-0.4, -0.2) is 37.8 Å². The predicted octanol–water partition coefficient (Wildman–Crippen LogP) is 1.90. The summed E-state index contributed by atoms with van der Waals surface area (Å²) in [7, 11) is -3.46. The van der Waals surface area contributed by atoms with Crippen LogP contribution in [0, 0.1) is 5.92 Å². The van der Waals surface area contributed by atoms with E-state index in [4.69, 9.17) is 4.74 Å². The molecule has 1 aliphatic rings. The van der Waals surface area contributed by atoms with E-state index in [1.165, 1.54) is 0 Å². The van der Waals surface area contributed by atoms with Gasteiger partial charge < -0.3 is 10.1 Å². The molecule has 0 radical (unpaired) electrons. The van der Waals surface area contributed by atoms with Crippen molar-refractivity contribution in [2.75, 3.05) is 13.2 Å². The summed E-state index contributed by atoms with van der Waals surface area (Å²) >= 11 is 0. The Morgan fingerprint density at radius 3 is 2.78 bits per heavy atom. The monoisotopic (exact) mass is 362 g/mol. The minimum absolute atomic E-state index is 0. The zero-order chi connectivity index (χ0) is 16.3. The molecule has 2 atom stereocenters. The Hall–Kier alpha value is -1.18. The molecule has 1 N–H and O–H groups in total. The van der Waals surface area contributed by atoms with E-state index in [9.17, 15) is 13.2 Å². The highest BCUT2D eigenvalue weighted by Crippen LogP contribution is 2.33. The number of hydrogen-bond donors (Lipinski definition) is 1. The Balaban J connectivity index is 0.00000264. The Kier molecular flexibility index (Phi) is 6.98. The van der Waals surface area contributed by atoms with Crippen molar-refractivity contribution in [3.8, 4) is 0 Å². The van der Waals surface area contributed by atoms with E-state index in [2.05, 4.69) is 10.3 Å². The van der Waals surface area contributed by atoms with Gasteiger partial charge in [-0.1, -0.05) is 0 Å². The van der Waals surface area contributed by atoms with Gasteiger partial charge in [-0.15, -0.1) is 12.4 Å². The summed E-state index contributed by atoms with van der Waals surface area (Å²) in [5, 5.41) is 2.64. The lowest BCUT2D eigenvalue weighted by molar-refractivity contribution is -0.148. The molecule has 1 fully saturated rings. The molecule has 0 spiro atoms. The number of rotatable bonds is 5. The standard InChI is InChI=1S/C15H22N2O4S.ClH/c1-4-21-15(18)11-7-9-17-13(11)14-12(6-5-8-16-14)22(19,20)10(2)3;/h5-6,8,10-11,13,17H,4,7,9H2,1-3H3;1H. The Labute approximate surface area is 143 Å². The fourth-order valence-electron chi connectivity index (χ4n) is 2.62. The van der Waals surface area contributed by atoms with Crippen LogP contribution in [0.3, 0.4) is 0 Å². The van der Waals surface area contributed by atoms with E-state index in [0.29, 0.717) is 25.3 Å². The highest BCUT2D eigenvalue weighted by atomic mass is 35.5. The molecule has 2 unspecified atom stereocenters. The quantitative estimate of drug-likeness (QED) is 0.805. The zero-order valence-electron chi connectivity index (χ0n) is 13.5. The zero-order valence-corrected chi connectivity index (χ0v) is 15.1. The van der Waals surface area contributed by atoms with Crippen LogP contribution in [0.4, 0.5) is 0 Å². The second-order valence-electron chi connectivity index (χ2n) is 5.56. The van der Waals surface area contributed by atoms with Crippen LogP contribution in [0.5, 0.6) is 0 Å². The van der Waals surface area contributed by atoms with Crippen LogP contribution >= 0.6 is 12.4 Å². The number of esters is 1. The summed E-state index contributed by atoms with van der Waals surface area (Å²) in [4.78, 5) is 16.5. The molecule has 2 heterocycles. The first-order valence-electron chi connectivity index (χ1n) is 7.48. The molecule has 6 nitrogen and oxygen atoms in total. The van der Waals surface area contributed by atoms with Crippen molar-refractivity contribution in [2.45, 2.75) is 43.4 Å². The molecule has 2 rings (SSSR count). The number of nitrogens with zero attached hydrogens (tertiary/aromatic N) is 1. The molecule has 0 aromatic carbocycles. The Morgan fingerprint density at radius 1 is 1.48 bits per heavy atom. The number of halogens is 1. The number of sulfone groups is 1. The van der Waals surface area contributed by atoms with Gasteiger partial charge in [0.05, 0.1) is 34.4 Å². The predicted molar refractivity (Wildman–Crippen MR) is 89.3 cm³/mol. The van der Waals surface area contributed by atoms with Crippen molar-refractivity contribution in [1.29, 1.82) is 0 Å². The van der Waals surface area contributed by atoms with Crippen LogP contribution in [0.25, 0.3) is 0 Å². The lowest BCUT2D eigenvalue weighted by Gasteiger charge is -2.21. The first-order chi connectivity index (χ1) is 10.4. The van der Waals surface area contributed by atoms with Crippen LogP contribution in [0.2, 0.25) is 0 Å². The first-order valence-corrected chi connectivity index (χ1v) is 9.03. The first kappa shape index (κ1) is 19.9. The maximum absolute atomic E-state index is 12.5. The molecule has 23 heavy (non-hydrogen) atoms. The second kappa shape index (κ2) is 8.08. The van der Waals surface area contributed by atoms with E-state index in [1.807, 2.05) is 0 Å². The van der Waals surface area contributed by atoms with Crippen molar-refractivity contribution < 1.29 is 17.9 Å². The van der Waals surface area contributed by atoms with Crippen LogP contribution < -0.4 is 5.32 Å². The van der Waals surface area contributed by atoms with Gasteiger partial charge in [-0.05, 0) is 45.9 Å². The third-order valence-electron chi connectivity index (χ3n) is 3.83. The maximum Gasteiger partial charge on any atom is 0.310 e. The SMILES string of the molecule is CCOC(=O)C1CCNC1c1ncccc1S(=O)(=O)C(C)C.Cl. The number of pyridine rings is 1.